The van der Waals surface area contributed by atoms with Crippen molar-refractivity contribution in [3.63, 3.8) is 0 Å². The number of benzene rings is 6. The average Bonchev–Trinajstić information content (AvgIpc) is 1.54. The van der Waals surface area contributed by atoms with Gasteiger partial charge in [0.2, 0.25) is 16.2 Å². The number of hydrogen-bond donors (Lipinski definition) is 0. The third kappa shape index (κ3) is 6.48. The van der Waals surface area contributed by atoms with E-state index in [9.17, 15) is 70.2 Å². The summed E-state index contributed by atoms with van der Waals surface area (Å²) in [6.07, 6.45) is -48.1. The maximum atomic E-state index is 17.1. The lowest BCUT2D eigenvalue weighted by Gasteiger charge is -2.37. The molecule has 0 atom stereocenters. The zero-order valence-electron chi connectivity index (χ0n) is 36.9. The molecule has 6 aromatic carbocycles. The highest BCUT2D eigenvalue weighted by Crippen LogP contribution is 2.72. The van der Waals surface area contributed by atoms with Crippen LogP contribution in [0.25, 0.3) is 55.6 Å². The summed E-state index contributed by atoms with van der Waals surface area (Å²) in [5, 5.41) is 0. The lowest BCUT2D eigenvalue weighted by atomic mass is 9.73. The highest BCUT2D eigenvalue weighted by atomic mass is 19.4. The minimum absolute atomic E-state index is 3.37. The Morgan fingerprint density at radius 1 is 0.133 bits per heavy atom. The largest absolute Gasteiger partial charge is 0.411 e. The Bertz CT molecular complexity index is 3700. The van der Waals surface area contributed by atoms with Crippen molar-refractivity contribution in [1.29, 1.82) is 0 Å². The van der Waals surface area contributed by atoms with Crippen LogP contribution in [-0.4, -0.2) is 37.1 Å². The molecular formula is C45F38. The van der Waals surface area contributed by atoms with Gasteiger partial charge in [0.25, 0.3) is 0 Å². The fraction of sp³-hybridized carbons (Fsp3) is 0.200. The molecule has 0 unspecified atom stereocenters. The van der Waals surface area contributed by atoms with E-state index < -0.39 is 259 Å². The molecule has 3 aliphatic rings. The topological polar surface area (TPSA) is 0 Å². The number of alkyl halides is 18. The molecule has 0 saturated heterocycles. The van der Waals surface area contributed by atoms with Crippen LogP contribution >= 0.6 is 0 Å². The Balaban J connectivity index is 1.48. The molecule has 0 nitrogen and oxygen atoms in total. The van der Waals surface area contributed by atoms with Gasteiger partial charge in [-0.3, -0.25) is 0 Å². The third-order valence-corrected chi connectivity index (χ3v) is 13.9. The van der Waals surface area contributed by atoms with Gasteiger partial charge in [-0.1, -0.05) is 0 Å². The number of hydrogen-bond acceptors (Lipinski definition) is 0. The second-order valence-corrected chi connectivity index (χ2v) is 17.5. The van der Waals surface area contributed by atoms with Gasteiger partial charge in [0.15, 0.2) is 93.1 Å². The fourth-order valence-electron chi connectivity index (χ4n) is 10.9. The van der Waals surface area contributed by atoms with Gasteiger partial charge in [-0.05, 0) is 0 Å². The van der Waals surface area contributed by atoms with Gasteiger partial charge >= 0.3 is 37.1 Å². The Morgan fingerprint density at radius 3 is 0.386 bits per heavy atom. The quantitative estimate of drug-likeness (QED) is 0.0921. The Kier molecular flexibility index (Phi) is 12.3. The predicted molar refractivity (Wildman–Crippen MR) is 191 cm³/mol. The molecule has 0 N–H and O–H groups in total. The van der Waals surface area contributed by atoms with Crippen LogP contribution < -0.4 is 0 Å². The van der Waals surface area contributed by atoms with Crippen molar-refractivity contribution in [2.75, 3.05) is 0 Å². The summed E-state index contributed by atoms with van der Waals surface area (Å²) in [5.41, 5.74) is -84.9. The summed E-state index contributed by atoms with van der Waals surface area (Å²) < 4.78 is 590. The highest BCUT2D eigenvalue weighted by Gasteiger charge is 2.82. The van der Waals surface area contributed by atoms with Crippen molar-refractivity contribution in [3.05, 3.63) is 150 Å². The van der Waals surface area contributed by atoms with Gasteiger partial charge in [-0.25, -0.2) is 87.8 Å². The van der Waals surface area contributed by atoms with E-state index in [1.807, 2.05) is 0 Å². The molecule has 0 aromatic heterocycles. The van der Waals surface area contributed by atoms with Crippen molar-refractivity contribution >= 4 is 0 Å². The van der Waals surface area contributed by atoms with E-state index in [1.165, 1.54) is 0 Å². The molecule has 0 spiro atoms. The lowest BCUT2D eigenvalue weighted by Crippen LogP contribution is -2.55. The van der Waals surface area contributed by atoms with E-state index in [2.05, 4.69) is 0 Å². The lowest BCUT2D eigenvalue weighted by molar-refractivity contribution is -0.290. The zero-order valence-corrected chi connectivity index (χ0v) is 36.9. The molecule has 0 bridgehead atoms. The van der Waals surface area contributed by atoms with E-state index in [-0.39, 0.29) is 0 Å². The van der Waals surface area contributed by atoms with Crippen LogP contribution in [0.15, 0.2) is 0 Å². The first-order valence-electron chi connectivity index (χ1n) is 20.4. The Morgan fingerprint density at radius 2 is 0.241 bits per heavy atom. The van der Waals surface area contributed by atoms with Gasteiger partial charge in [0, 0.05) is 66.8 Å². The van der Waals surface area contributed by atoms with E-state index in [0.717, 1.165) is 0 Å². The first-order chi connectivity index (χ1) is 37.4. The first-order valence-corrected chi connectivity index (χ1v) is 20.4. The Hall–Kier alpha value is -7.34. The molecule has 9 rings (SSSR count). The summed E-state index contributed by atoms with van der Waals surface area (Å²) in [6, 6.07) is 0. The van der Waals surface area contributed by atoms with Crippen molar-refractivity contribution in [3.8, 4) is 55.6 Å². The third-order valence-electron chi connectivity index (χ3n) is 13.9. The molecule has 446 valence electrons. The van der Waals surface area contributed by atoms with E-state index >= 15 is 96.6 Å². The van der Waals surface area contributed by atoms with Gasteiger partial charge in [0.05, 0.1) is 22.3 Å². The number of fused-ring (bicyclic) bond motifs is 9. The molecule has 0 saturated carbocycles. The van der Waals surface area contributed by atoms with Crippen LogP contribution in [-0.2, 0) is 16.2 Å². The second kappa shape index (κ2) is 16.9. The number of halogens is 38. The molecule has 38 heteroatoms. The van der Waals surface area contributed by atoms with Crippen LogP contribution in [0.5, 0.6) is 0 Å². The van der Waals surface area contributed by atoms with Crippen molar-refractivity contribution in [2.45, 2.75) is 53.3 Å². The predicted octanol–water partition coefficient (Wildman–Crippen LogP) is 18.0. The molecule has 83 heavy (non-hydrogen) atoms. The highest BCUT2D eigenvalue weighted by molar-refractivity contribution is 5.93. The molecule has 0 heterocycles. The SMILES string of the molecule is Fc1c(F)c(F)c2c(c1F)-c1c(F)c(F)c(-c3c(F)c(F)c4c(c3F)C(C(F)(F)F)(C(F)(F)F)c3c(F)c(-c5c(F)c(F)c6c(c5F)C(C(F)(F)F)(C(F)(F)F)c5c(F)c(F)c(F)c(F)c5-6)c(F)c(F)c3-4)c(F)c1C2(C(F)(F)F)C(F)(F)F. The molecule has 6 aromatic rings. The monoisotopic (exact) mass is 1260 g/mol. The van der Waals surface area contributed by atoms with Crippen LogP contribution in [0.2, 0.25) is 0 Å². The van der Waals surface area contributed by atoms with Gasteiger partial charge in [-0.15, -0.1) is 0 Å². The van der Waals surface area contributed by atoms with Crippen molar-refractivity contribution < 1.29 is 167 Å². The molecule has 0 aliphatic heterocycles. The van der Waals surface area contributed by atoms with Gasteiger partial charge in [-0.2, -0.15) is 79.0 Å². The maximum absolute atomic E-state index is 17.1. The minimum Gasteiger partial charge on any atom is -0.206 e. The zero-order chi connectivity index (χ0) is 63.3. The molecule has 0 amide bonds. The van der Waals surface area contributed by atoms with Crippen LogP contribution in [0.1, 0.15) is 33.4 Å². The second-order valence-electron chi connectivity index (χ2n) is 17.5. The van der Waals surface area contributed by atoms with Crippen molar-refractivity contribution in [1.82, 2.24) is 0 Å². The standard InChI is InChI=1S/C45F38/c46-17-7(9-19(48)13-3(23(52)29(9)58)5-15(31(60)35(64)33(62)25(5)54)38(13,42(72,73)74)43(75,76)77)27(56)21(50)1-2-12(37(11(1)17,40(66,67)68)41(69,70)71)18(47)8(28(57)22(2)51)10-20(49)14-4(24(53)30(10)59)6-16(32(61)36(65)34(63)26(6)55)39(14,44(78,79)80)45(81,82)83. The molecular weight excluding hydrogens is 1260 g/mol. The maximum Gasteiger partial charge on any atom is 0.411 e. The average molecular weight is 1260 g/mol. The smallest absolute Gasteiger partial charge is 0.206 e. The number of rotatable bonds is 2. The van der Waals surface area contributed by atoms with Crippen molar-refractivity contribution in [2.24, 2.45) is 0 Å². The minimum atomic E-state index is -8.30. The normalized spacial score (nSPS) is 16.1. The van der Waals surface area contributed by atoms with E-state index in [1.54, 1.807) is 0 Å². The summed E-state index contributed by atoms with van der Waals surface area (Å²) >= 11 is 0. The summed E-state index contributed by atoms with van der Waals surface area (Å²) in [7, 11) is 0. The summed E-state index contributed by atoms with van der Waals surface area (Å²) in [5.74, 6) is -81.5. The fourth-order valence-corrected chi connectivity index (χ4v) is 10.9. The van der Waals surface area contributed by atoms with Crippen LogP contribution in [0.3, 0.4) is 0 Å². The van der Waals surface area contributed by atoms with E-state index in [4.69, 9.17) is 0 Å². The van der Waals surface area contributed by atoms with Crippen LogP contribution in [0, 0.1) is 116 Å². The van der Waals surface area contributed by atoms with E-state index in [0.29, 0.717) is 0 Å². The summed E-state index contributed by atoms with van der Waals surface area (Å²) in [4.78, 5) is 0. The first kappa shape index (κ1) is 60.3. The van der Waals surface area contributed by atoms with Gasteiger partial charge < -0.3 is 0 Å². The Labute approximate surface area is 425 Å². The molecule has 3 aliphatic carbocycles. The van der Waals surface area contributed by atoms with Crippen LogP contribution in [0.4, 0.5) is 167 Å². The summed E-state index contributed by atoms with van der Waals surface area (Å²) in [6.45, 7) is 0. The molecule has 0 radical (unpaired) electrons. The van der Waals surface area contributed by atoms with Gasteiger partial charge in [0.1, 0.15) is 23.3 Å². The molecule has 0 fully saturated rings.